The van der Waals surface area contributed by atoms with Crippen LogP contribution in [0.3, 0.4) is 0 Å². The van der Waals surface area contributed by atoms with Gasteiger partial charge in [0.2, 0.25) is 0 Å². The third-order valence-corrected chi connectivity index (χ3v) is 6.44. The average molecular weight is 550 g/mol. The van der Waals surface area contributed by atoms with Crippen LogP contribution in [0, 0.1) is 13.8 Å². The highest BCUT2D eigenvalue weighted by atomic mass is 16.5. The summed E-state index contributed by atoms with van der Waals surface area (Å²) in [5, 5.41) is 4.05. The lowest BCUT2D eigenvalue weighted by atomic mass is 10.2. The quantitative estimate of drug-likeness (QED) is 0.148. The molecule has 5 aromatic rings. The third-order valence-electron chi connectivity index (χ3n) is 6.44. The van der Waals surface area contributed by atoms with Crippen LogP contribution in [0.1, 0.15) is 38.8 Å². The zero-order valence-corrected chi connectivity index (χ0v) is 23.2. The summed E-state index contributed by atoms with van der Waals surface area (Å²) in [7, 11) is 1.58. The van der Waals surface area contributed by atoms with E-state index < -0.39 is 5.91 Å². The molecule has 0 unspecified atom stereocenters. The summed E-state index contributed by atoms with van der Waals surface area (Å²) in [6.45, 7) is 4.77. The lowest BCUT2D eigenvalue weighted by molar-refractivity contribution is 0.0923. The number of nitrogens with zero attached hydrogens (tertiary/aromatic N) is 2. The van der Waals surface area contributed by atoms with E-state index in [2.05, 4.69) is 41.1 Å². The van der Waals surface area contributed by atoms with Crippen molar-refractivity contribution in [1.82, 2.24) is 9.99 Å². The second-order valence-electron chi connectivity index (χ2n) is 9.38. The number of methoxy groups -OCH3 is 1. The molecule has 0 fully saturated rings. The highest BCUT2D eigenvalue weighted by molar-refractivity contribution is 5.92. The molecule has 3 aromatic carbocycles. The highest BCUT2D eigenvalue weighted by Crippen LogP contribution is 2.28. The molecule has 1 N–H and O–H groups in total. The normalized spacial score (nSPS) is 11.0. The number of benzene rings is 3. The van der Waals surface area contributed by atoms with Crippen molar-refractivity contribution in [3.63, 3.8) is 0 Å². The van der Waals surface area contributed by atoms with Crippen molar-refractivity contribution in [2.24, 2.45) is 5.10 Å². The minimum absolute atomic E-state index is 0.136. The molecule has 41 heavy (non-hydrogen) atoms. The van der Waals surface area contributed by atoms with Gasteiger partial charge in [0.05, 0.1) is 13.3 Å². The molecule has 0 atom stereocenters. The number of hydrogen-bond donors (Lipinski definition) is 1. The van der Waals surface area contributed by atoms with Gasteiger partial charge in [0.1, 0.15) is 24.7 Å². The Morgan fingerprint density at radius 2 is 1.61 bits per heavy atom. The number of furan rings is 1. The SMILES string of the molecule is COc1cc(C=NNC(=O)c2ccc(COc3ccc(-n4c(C)ccc4C)cc3)o2)ccc1OCc1ccccc1. The van der Waals surface area contributed by atoms with Gasteiger partial charge in [0.25, 0.3) is 0 Å². The molecule has 0 radical (unpaired) electrons. The number of amides is 1. The monoisotopic (exact) mass is 549 g/mol. The molecular formula is C33H31N3O5. The molecule has 0 bridgehead atoms. The van der Waals surface area contributed by atoms with Crippen LogP contribution in [0.25, 0.3) is 5.69 Å². The molecule has 0 saturated carbocycles. The lowest BCUT2D eigenvalue weighted by Crippen LogP contribution is -2.16. The Labute approximate surface area is 238 Å². The largest absolute Gasteiger partial charge is 0.493 e. The van der Waals surface area contributed by atoms with Gasteiger partial charge in [-0.05, 0) is 91.7 Å². The van der Waals surface area contributed by atoms with E-state index >= 15 is 0 Å². The summed E-state index contributed by atoms with van der Waals surface area (Å²) in [4.78, 5) is 12.5. The van der Waals surface area contributed by atoms with Crippen LogP contribution in [0.5, 0.6) is 17.2 Å². The van der Waals surface area contributed by atoms with Gasteiger partial charge in [0.15, 0.2) is 17.3 Å². The van der Waals surface area contributed by atoms with Gasteiger partial charge >= 0.3 is 5.91 Å². The fourth-order valence-corrected chi connectivity index (χ4v) is 4.34. The first-order valence-corrected chi connectivity index (χ1v) is 13.2. The Morgan fingerprint density at radius 3 is 2.34 bits per heavy atom. The molecule has 2 heterocycles. The summed E-state index contributed by atoms with van der Waals surface area (Å²) in [5.74, 6) is 2.08. The Kier molecular flexibility index (Phi) is 8.49. The topological polar surface area (TPSA) is 87.2 Å². The zero-order valence-electron chi connectivity index (χ0n) is 23.2. The molecule has 0 saturated heterocycles. The molecule has 0 aliphatic heterocycles. The third kappa shape index (κ3) is 6.86. The molecule has 2 aromatic heterocycles. The van der Waals surface area contributed by atoms with Crippen LogP contribution in [-0.2, 0) is 13.2 Å². The molecule has 8 nitrogen and oxygen atoms in total. The van der Waals surface area contributed by atoms with Gasteiger partial charge in [-0.3, -0.25) is 4.79 Å². The summed E-state index contributed by atoms with van der Waals surface area (Å²) in [6, 6.07) is 30.6. The zero-order chi connectivity index (χ0) is 28.6. The standard InChI is InChI=1S/C33H31N3O5/c1-23-9-10-24(2)36(23)27-12-14-28(15-13-27)39-22-29-16-18-31(41-29)33(37)35-34-20-26-11-17-30(32(19-26)38-3)40-21-25-7-5-4-6-8-25/h4-20H,21-22H2,1-3H3,(H,35,37). The first kappa shape index (κ1) is 27.3. The number of aromatic nitrogens is 1. The molecular weight excluding hydrogens is 518 g/mol. The maximum Gasteiger partial charge on any atom is 0.307 e. The minimum atomic E-state index is -0.468. The molecule has 208 valence electrons. The maximum atomic E-state index is 12.5. The number of carbonyl (C=O) groups is 1. The van der Waals surface area contributed by atoms with Crippen LogP contribution >= 0.6 is 0 Å². The number of nitrogens with one attached hydrogen (secondary N) is 1. The van der Waals surface area contributed by atoms with Crippen molar-refractivity contribution >= 4 is 12.1 Å². The van der Waals surface area contributed by atoms with E-state index in [1.54, 1.807) is 31.4 Å². The predicted octanol–water partition coefficient (Wildman–Crippen LogP) is 6.62. The van der Waals surface area contributed by atoms with Gasteiger partial charge in [-0.2, -0.15) is 5.10 Å². The number of carbonyl (C=O) groups excluding carboxylic acids is 1. The van der Waals surface area contributed by atoms with E-state index in [-0.39, 0.29) is 12.4 Å². The summed E-state index contributed by atoms with van der Waals surface area (Å²) in [6.07, 6.45) is 1.52. The van der Waals surface area contributed by atoms with Gasteiger partial charge in [-0.25, -0.2) is 5.43 Å². The van der Waals surface area contributed by atoms with Gasteiger partial charge in [0, 0.05) is 17.1 Å². The first-order valence-electron chi connectivity index (χ1n) is 13.2. The van der Waals surface area contributed by atoms with Gasteiger partial charge < -0.3 is 23.2 Å². The average Bonchev–Trinajstić information content (AvgIpc) is 3.62. The molecule has 0 aliphatic rings. The van der Waals surface area contributed by atoms with E-state index in [0.717, 1.165) is 16.8 Å². The Balaban J connectivity index is 1.12. The van der Waals surface area contributed by atoms with E-state index in [1.807, 2.05) is 60.7 Å². The predicted molar refractivity (Wildman–Crippen MR) is 157 cm³/mol. The summed E-state index contributed by atoms with van der Waals surface area (Å²) >= 11 is 0. The fraction of sp³-hybridized carbons (Fsp3) is 0.152. The molecule has 8 heteroatoms. The number of ether oxygens (including phenoxy) is 3. The van der Waals surface area contributed by atoms with E-state index in [0.29, 0.717) is 29.6 Å². The Bertz CT molecular complexity index is 1620. The van der Waals surface area contributed by atoms with Crippen LogP contribution in [0.2, 0.25) is 0 Å². The van der Waals surface area contributed by atoms with Crippen molar-refractivity contribution in [1.29, 1.82) is 0 Å². The van der Waals surface area contributed by atoms with Crippen molar-refractivity contribution in [2.45, 2.75) is 27.1 Å². The smallest absolute Gasteiger partial charge is 0.307 e. The number of rotatable bonds is 11. The van der Waals surface area contributed by atoms with Crippen LogP contribution in [-0.4, -0.2) is 23.8 Å². The van der Waals surface area contributed by atoms with Crippen molar-refractivity contribution < 1.29 is 23.4 Å². The highest BCUT2D eigenvalue weighted by Gasteiger charge is 2.12. The van der Waals surface area contributed by atoms with Gasteiger partial charge in [-0.1, -0.05) is 30.3 Å². The summed E-state index contributed by atoms with van der Waals surface area (Å²) in [5.41, 5.74) is 7.68. The van der Waals surface area contributed by atoms with E-state index in [1.165, 1.54) is 17.6 Å². The van der Waals surface area contributed by atoms with Crippen LogP contribution in [0.15, 0.2) is 107 Å². The minimum Gasteiger partial charge on any atom is -0.493 e. The molecule has 1 amide bonds. The van der Waals surface area contributed by atoms with E-state index in [9.17, 15) is 4.79 Å². The Hall–Kier alpha value is -5.24. The van der Waals surface area contributed by atoms with Gasteiger partial charge in [-0.15, -0.1) is 0 Å². The maximum absolute atomic E-state index is 12.5. The van der Waals surface area contributed by atoms with E-state index in [4.69, 9.17) is 18.6 Å². The number of hydrazone groups is 1. The Morgan fingerprint density at radius 1 is 0.854 bits per heavy atom. The summed E-state index contributed by atoms with van der Waals surface area (Å²) < 4.78 is 25.0. The molecule has 0 aliphatic carbocycles. The lowest BCUT2D eigenvalue weighted by Gasteiger charge is -2.11. The van der Waals surface area contributed by atoms with Crippen molar-refractivity contribution in [2.75, 3.05) is 7.11 Å². The first-order chi connectivity index (χ1) is 20.0. The number of aryl methyl sites for hydroxylation is 2. The molecule has 5 rings (SSSR count). The van der Waals surface area contributed by atoms with Crippen molar-refractivity contribution in [3.05, 3.63) is 131 Å². The van der Waals surface area contributed by atoms with Crippen molar-refractivity contribution in [3.8, 4) is 22.9 Å². The number of hydrogen-bond acceptors (Lipinski definition) is 6. The van der Waals surface area contributed by atoms with Crippen LogP contribution in [0.4, 0.5) is 0 Å². The molecule has 0 spiro atoms. The second-order valence-corrected chi connectivity index (χ2v) is 9.38. The fourth-order valence-electron chi connectivity index (χ4n) is 4.34. The second kappa shape index (κ2) is 12.7. The van der Waals surface area contributed by atoms with Crippen LogP contribution < -0.4 is 19.6 Å².